The maximum absolute atomic E-state index is 14.9. The maximum atomic E-state index is 14.9. The van der Waals surface area contributed by atoms with Gasteiger partial charge in [0, 0.05) is 25.2 Å². The SMILES string of the molecule is CC(=O)O[C@@]12CO[C@@H]1C[C@H](O)[C@@]1(C)C(=O)[C@H](O)C3=C(C)[C@@H](OC(=O)[C@H](O)[C@@H](NC(=O)OC(C)(C)C)c4ccccc4)C[C@@](O)([C@@H](OC(=O)c4ccccc4)[C@H]21)C3(C)C.CC(O)CO. The highest BCUT2D eigenvalue weighted by Crippen LogP contribution is 2.64. The summed E-state index contributed by atoms with van der Waals surface area (Å²) < 4.78 is 29.5. The van der Waals surface area contributed by atoms with Crippen molar-refractivity contribution in [1.29, 1.82) is 0 Å². The van der Waals surface area contributed by atoms with E-state index in [0.717, 1.165) is 6.92 Å². The number of esters is 3. The molecule has 1 heterocycles. The maximum Gasteiger partial charge on any atom is 0.408 e. The van der Waals surface area contributed by atoms with E-state index in [-0.39, 0.29) is 36.3 Å². The van der Waals surface area contributed by atoms with Gasteiger partial charge in [-0.15, -0.1) is 0 Å². The number of aliphatic hydroxyl groups is 6. The number of benzene rings is 2. The Hall–Kier alpha value is -4.75. The van der Waals surface area contributed by atoms with E-state index in [1.807, 2.05) is 0 Å². The molecule has 0 aromatic heterocycles. The number of rotatable bonds is 9. The van der Waals surface area contributed by atoms with Gasteiger partial charge in [0.1, 0.15) is 35.6 Å². The average molecular weight is 884 g/mol. The van der Waals surface area contributed by atoms with Gasteiger partial charge < -0.3 is 59.6 Å². The molecular formula is C46H61NO16. The van der Waals surface area contributed by atoms with Crippen molar-refractivity contribution >= 4 is 29.8 Å². The Morgan fingerprint density at radius 3 is 2.03 bits per heavy atom. The van der Waals surface area contributed by atoms with Gasteiger partial charge in [-0.3, -0.25) is 9.59 Å². The number of Topliss-reactive ketones (excluding diaryl/α,β-unsaturated/α-hetero) is 1. The summed E-state index contributed by atoms with van der Waals surface area (Å²) >= 11 is 0. The van der Waals surface area contributed by atoms with Crippen molar-refractivity contribution in [3.63, 3.8) is 0 Å². The van der Waals surface area contributed by atoms with Crippen LogP contribution < -0.4 is 5.32 Å². The van der Waals surface area contributed by atoms with Crippen LogP contribution in [0.4, 0.5) is 4.79 Å². The van der Waals surface area contributed by atoms with Crippen molar-refractivity contribution in [2.75, 3.05) is 13.2 Å². The molecule has 1 aliphatic heterocycles. The van der Waals surface area contributed by atoms with Crippen molar-refractivity contribution in [2.45, 2.75) is 141 Å². The molecule has 17 heteroatoms. The van der Waals surface area contributed by atoms with E-state index in [2.05, 4.69) is 5.32 Å². The minimum absolute atomic E-state index is 0.0637. The summed E-state index contributed by atoms with van der Waals surface area (Å²) in [7, 11) is 0. The number of ether oxygens (including phenoxy) is 5. The molecule has 4 aliphatic rings. The first-order chi connectivity index (χ1) is 29.3. The first-order valence-corrected chi connectivity index (χ1v) is 20.9. The molecule has 2 aromatic carbocycles. The van der Waals surface area contributed by atoms with Crippen LogP contribution in [0.25, 0.3) is 0 Å². The molecule has 2 aromatic rings. The highest BCUT2D eigenvalue weighted by Gasteiger charge is 2.78. The monoisotopic (exact) mass is 883 g/mol. The third-order valence-corrected chi connectivity index (χ3v) is 12.8. The van der Waals surface area contributed by atoms with Crippen LogP contribution >= 0.6 is 0 Å². The highest BCUT2D eigenvalue weighted by atomic mass is 16.6. The van der Waals surface area contributed by atoms with Gasteiger partial charge >= 0.3 is 24.0 Å². The van der Waals surface area contributed by atoms with Gasteiger partial charge in [-0.25, -0.2) is 14.4 Å². The van der Waals surface area contributed by atoms with Crippen LogP contribution in [0.2, 0.25) is 0 Å². The Kier molecular flexibility index (Phi) is 14.4. The predicted octanol–water partition coefficient (Wildman–Crippen LogP) is 2.62. The van der Waals surface area contributed by atoms with Crippen LogP contribution in [0.15, 0.2) is 71.8 Å². The molecule has 12 atom stereocenters. The molecule has 6 rings (SSSR count). The minimum atomic E-state index is -2.35. The molecule has 3 aliphatic carbocycles. The van der Waals surface area contributed by atoms with E-state index in [0.29, 0.717) is 5.56 Å². The Morgan fingerprint density at radius 1 is 0.952 bits per heavy atom. The zero-order chi connectivity index (χ0) is 47.0. The number of carbonyl (C=O) groups is 5. The van der Waals surface area contributed by atoms with Gasteiger partial charge in [-0.05, 0) is 70.4 Å². The molecule has 7 N–H and O–H groups in total. The Bertz CT molecular complexity index is 2050. The van der Waals surface area contributed by atoms with Crippen LogP contribution in [0.1, 0.15) is 97.1 Å². The normalized spacial score (nSPS) is 32.2. The Balaban J connectivity index is 0.00000141. The summed E-state index contributed by atoms with van der Waals surface area (Å²) in [5, 5.41) is 67.6. The number of alkyl carbamates (subject to hydrolysis) is 1. The molecule has 3 fully saturated rings. The van der Waals surface area contributed by atoms with Crippen molar-refractivity contribution in [1.82, 2.24) is 5.32 Å². The summed E-state index contributed by atoms with van der Waals surface area (Å²) in [6.45, 7) is 13.2. The van der Waals surface area contributed by atoms with E-state index in [9.17, 15) is 44.4 Å². The number of ketones is 1. The Morgan fingerprint density at radius 2 is 1.52 bits per heavy atom. The van der Waals surface area contributed by atoms with Gasteiger partial charge in [0.05, 0.1) is 48.4 Å². The zero-order valence-electron chi connectivity index (χ0n) is 37.1. The lowest BCUT2D eigenvalue weighted by Gasteiger charge is -2.67. The lowest BCUT2D eigenvalue weighted by Crippen LogP contribution is -2.81. The molecule has 0 radical (unpaired) electrons. The van der Waals surface area contributed by atoms with Gasteiger partial charge in [-0.2, -0.15) is 0 Å². The largest absolute Gasteiger partial charge is 0.456 e. The third-order valence-electron chi connectivity index (χ3n) is 12.8. The number of amides is 1. The standard InChI is InChI=1S/C43H53NO14.C3H8O2/c1-22-26(55-37(51)32(48)30(24-15-11-9-12-16-24)44-38(52)58-39(3,4)5)20-43(53)35(56-36(50)25-17-13-10-14-18-25)33-41(8,34(49)31(47)29(22)40(43,6)7)27(46)19-28-42(33,21-54-28)57-23(2)45;1-3(5)2-4/h9-18,26-28,30-33,35,46-48,53H,19-21H2,1-8H3,(H,44,52);3-5H,2H2,1H3/t26-,27-,28+,30-,31+,32+,33-,35-,41+,42-,43+;/m0./s1. The van der Waals surface area contributed by atoms with Crippen molar-refractivity contribution < 1.29 is 78.3 Å². The molecule has 63 heavy (non-hydrogen) atoms. The zero-order valence-corrected chi connectivity index (χ0v) is 37.1. The van der Waals surface area contributed by atoms with Crippen LogP contribution in [0.3, 0.4) is 0 Å². The lowest BCUT2D eigenvalue weighted by molar-refractivity contribution is -0.346. The molecule has 1 unspecified atom stereocenters. The second kappa shape index (κ2) is 18.4. The molecule has 1 saturated heterocycles. The quantitative estimate of drug-likeness (QED) is 0.108. The highest BCUT2D eigenvalue weighted by molar-refractivity contribution is 5.94. The summed E-state index contributed by atoms with van der Waals surface area (Å²) in [5.41, 5.74) is -8.14. The summed E-state index contributed by atoms with van der Waals surface area (Å²) in [5.74, 6) is -5.36. The van der Waals surface area contributed by atoms with Gasteiger partial charge in [0.25, 0.3) is 0 Å². The minimum Gasteiger partial charge on any atom is -0.456 e. The molecule has 2 bridgehead atoms. The van der Waals surface area contributed by atoms with Gasteiger partial charge in [-0.1, -0.05) is 62.4 Å². The fourth-order valence-electron chi connectivity index (χ4n) is 9.56. The molecule has 2 saturated carbocycles. The predicted molar refractivity (Wildman–Crippen MR) is 222 cm³/mol. The van der Waals surface area contributed by atoms with Crippen molar-refractivity contribution in [3.8, 4) is 0 Å². The van der Waals surface area contributed by atoms with E-state index >= 15 is 0 Å². The number of hydrogen-bond donors (Lipinski definition) is 7. The first-order valence-electron chi connectivity index (χ1n) is 20.9. The fourth-order valence-corrected chi connectivity index (χ4v) is 9.56. The number of nitrogens with one attached hydrogen (secondary N) is 1. The smallest absolute Gasteiger partial charge is 0.408 e. The second-order valence-corrected chi connectivity index (χ2v) is 18.6. The van der Waals surface area contributed by atoms with Crippen LogP contribution in [-0.2, 0) is 38.1 Å². The summed E-state index contributed by atoms with van der Waals surface area (Å²) in [6.07, 6.45) is -12.0. The van der Waals surface area contributed by atoms with Gasteiger partial charge in [0.15, 0.2) is 17.5 Å². The number of carbonyl (C=O) groups excluding carboxylic acids is 5. The van der Waals surface area contributed by atoms with Crippen molar-refractivity contribution in [2.24, 2.45) is 16.7 Å². The van der Waals surface area contributed by atoms with E-state index in [1.165, 1.54) is 32.9 Å². The molecule has 17 nitrogen and oxygen atoms in total. The van der Waals surface area contributed by atoms with Crippen LogP contribution in [-0.4, -0.2) is 133 Å². The number of hydrogen-bond acceptors (Lipinski definition) is 16. The summed E-state index contributed by atoms with van der Waals surface area (Å²) in [6, 6.07) is 14.6. The van der Waals surface area contributed by atoms with Crippen LogP contribution in [0.5, 0.6) is 0 Å². The van der Waals surface area contributed by atoms with E-state index < -0.39 is 119 Å². The fraction of sp³-hybridized carbons (Fsp3) is 0.587. The first kappa shape index (κ1) is 49.3. The lowest BCUT2D eigenvalue weighted by atomic mass is 9.44. The van der Waals surface area contributed by atoms with Crippen LogP contribution in [0, 0.1) is 16.7 Å². The summed E-state index contributed by atoms with van der Waals surface area (Å²) in [4.78, 5) is 68.9. The van der Waals surface area contributed by atoms with E-state index in [4.69, 9.17) is 33.9 Å². The van der Waals surface area contributed by atoms with E-state index in [1.54, 1.807) is 83.1 Å². The third kappa shape index (κ3) is 9.28. The average Bonchev–Trinajstić information content (AvgIpc) is 3.21. The molecule has 1 amide bonds. The number of aliphatic hydroxyl groups excluding tert-OH is 5. The number of fused-ring (bicyclic) bond motifs is 5. The topological polar surface area (TPSA) is 265 Å². The molecule has 346 valence electrons. The Labute approximate surface area is 366 Å². The second-order valence-electron chi connectivity index (χ2n) is 18.6. The van der Waals surface area contributed by atoms with Gasteiger partial charge in [0.2, 0.25) is 0 Å². The molecular weight excluding hydrogens is 822 g/mol. The molecule has 0 spiro atoms. The van der Waals surface area contributed by atoms with Crippen molar-refractivity contribution in [3.05, 3.63) is 82.9 Å².